The molecule has 0 saturated heterocycles. The molecule has 2 N–H and O–H groups in total. The highest BCUT2D eigenvalue weighted by Gasteiger charge is 2.31. The minimum atomic E-state index is -4.38. The summed E-state index contributed by atoms with van der Waals surface area (Å²) in [6.45, 7) is 0. The van der Waals surface area contributed by atoms with E-state index in [4.69, 9.17) is 18.0 Å². The number of hydrogen-bond donors (Lipinski definition) is 1. The summed E-state index contributed by atoms with van der Waals surface area (Å²) in [5.41, 5.74) is 5.45. The van der Waals surface area contributed by atoms with Gasteiger partial charge in [-0.1, -0.05) is 12.2 Å². The zero-order valence-corrected chi connectivity index (χ0v) is 9.62. The van der Waals surface area contributed by atoms with Gasteiger partial charge >= 0.3 is 6.18 Å². The molecule has 2 nitrogen and oxygen atoms in total. The van der Waals surface area contributed by atoms with Gasteiger partial charge in [-0.3, -0.25) is 0 Å². The monoisotopic (exact) mass is 248 g/mol. The van der Waals surface area contributed by atoms with E-state index in [-0.39, 0.29) is 10.6 Å². The smallest absolute Gasteiger partial charge is 0.389 e. The lowest BCUT2D eigenvalue weighted by molar-refractivity contribution is -0.137. The number of thiocarbonyl (C=S) groups is 1. The Bertz CT molecular complexity index is 413. The average Bonchev–Trinajstić information content (AvgIpc) is 2.15. The summed E-state index contributed by atoms with van der Waals surface area (Å²) in [6.07, 6.45) is -4.38. The lowest BCUT2D eigenvalue weighted by Gasteiger charge is -2.18. The highest BCUT2D eigenvalue weighted by Crippen LogP contribution is 2.32. The number of nitrogens with zero attached hydrogens (tertiary/aromatic N) is 1. The maximum Gasteiger partial charge on any atom is 0.416 e. The van der Waals surface area contributed by atoms with Crippen molar-refractivity contribution in [3.05, 3.63) is 29.3 Å². The molecule has 0 unspecified atom stereocenters. The standard InChI is InChI=1S/C10H11F3N2S/c1-15(2)8-4-3-6(10(11,12)13)5-7(8)9(14)16/h3-5H,1-2H3,(H2,14,16). The van der Waals surface area contributed by atoms with Crippen molar-refractivity contribution in [2.24, 2.45) is 5.73 Å². The summed E-state index contributed by atoms with van der Waals surface area (Å²) in [6, 6.07) is 3.34. The molecule has 0 radical (unpaired) electrons. The normalized spacial score (nSPS) is 11.3. The van der Waals surface area contributed by atoms with E-state index < -0.39 is 11.7 Å². The van der Waals surface area contributed by atoms with Crippen LogP contribution in [-0.4, -0.2) is 19.1 Å². The van der Waals surface area contributed by atoms with Gasteiger partial charge in [0.1, 0.15) is 4.99 Å². The summed E-state index contributed by atoms with van der Waals surface area (Å²) < 4.78 is 37.4. The summed E-state index contributed by atoms with van der Waals surface area (Å²) in [7, 11) is 3.43. The van der Waals surface area contributed by atoms with E-state index in [1.54, 1.807) is 19.0 Å². The Morgan fingerprint density at radius 3 is 2.25 bits per heavy atom. The maximum absolute atomic E-state index is 12.5. The van der Waals surface area contributed by atoms with Gasteiger partial charge in [-0.2, -0.15) is 13.2 Å². The van der Waals surface area contributed by atoms with E-state index in [1.807, 2.05) is 0 Å². The zero-order valence-electron chi connectivity index (χ0n) is 8.80. The van der Waals surface area contributed by atoms with Gasteiger partial charge in [-0.15, -0.1) is 0 Å². The third-order valence-electron chi connectivity index (χ3n) is 2.07. The van der Waals surface area contributed by atoms with E-state index in [1.165, 1.54) is 6.07 Å². The lowest BCUT2D eigenvalue weighted by Crippen LogP contribution is -2.19. The van der Waals surface area contributed by atoms with Gasteiger partial charge in [0.15, 0.2) is 0 Å². The third-order valence-corrected chi connectivity index (χ3v) is 2.29. The minimum absolute atomic E-state index is 0.0465. The van der Waals surface area contributed by atoms with E-state index in [0.29, 0.717) is 5.69 Å². The van der Waals surface area contributed by atoms with Crippen molar-refractivity contribution in [3.63, 3.8) is 0 Å². The van der Waals surface area contributed by atoms with Crippen LogP contribution >= 0.6 is 12.2 Å². The quantitative estimate of drug-likeness (QED) is 0.815. The largest absolute Gasteiger partial charge is 0.416 e. The summed E-state index contributed by atoms with van der Waals surface area (Å²) in [4.78, 5) is 1.61. The predicted octanol–water partition coefficient (Wildman–Crippen LogP) is 2.41. The highest BCUT2D eigenvalue weighted by molar-refractivity contribution is 7.80. The molecule has 0 atom stereocenters. The van der Waals surface area contributed by atoms with Crippen molar-refractivity contribution in [3.8, 4) is 0 Å². The molecule has 0 aliphatic carbocycles. The molecule has 88 valence electrons. The molecule has 0 fully saturated rings. The topological polar surface area (TPSA) is 29.3 Å². The summed E-state index contributed by atoms with van der Waals surface area (Å²) in [5.74, 6) is 0. The third kappa shape index (κ3) is 2.63. The number of hydrogen-bond acceptors (Lipinski definition) is 2. The average molecular weight is 248 g/mol. The molecule has 1 rings (SSSR count). The SMILES string of the molecule is CN(C)c1ccc(C(F)(F)F)cc1C(N)=S. The molecule has 0 aromatic heterocycles. The van der Waals surface area contributed by atoms with Gasteiger partial charge in [0.2, 0.25) is 0 Å². The summed E-state index contributed by atoms with van der Waals surface area (Å²) in [5, 5.41) is 0. The highest BCUT2D eigenvalue weighted by atomic mass is 32.1. The van der Waals surface area contributed by atoms with Crippen LogP contribution in [0.3, 0.4) is 0 Å². The number of rotatable bonds is 2. The van der Waals surface area contributed by atoms with Crippen LogP contribution in [0.4, 0.5) is 18.9 Å². The Morgan fingerprint density at radius 2 is 1.88 bits per heavy atom. The van der Waals surface area contributed by atoms with Gasteiger partial charge in [0.05, 0.1) is 5.56 Å². The molecule has 0 amide bonds. The van der Waals surface area contributed by atoms with Crippen molar-refractivity contribution in [2.75, 3.05) is 19.0 Å². The van der Waals surface area contributed by atoms with Gasteiger partial charge in [-0.25, -0.2) is 0 Å². The van der Waals surface area contributed by atoms with Crippen molar-refractivity contribution in [1.29, 1.82) is 0 Å². The van der Waals surface area contributed by atoms with Crippen molar-refractivity contribution in [2.45, 2.75) is 6.18 Å². The Labute approximate surface area is 96.8 Å². The second-order valence-corrected chi connectivity index (χ2v) is 3.93. The fraction of sp³-hybridized carbons (Fsp3) is 0.300. The van der Waals surface area contributed by atoms with Crippen LogP contribution < -0.4 is 10.6 Å². The van der Waals surface area contributed by atoms with Crippen LogP contribution in [0.25, 0.3) is 0 Å². The van der Waals surface area contributed by atoms with Crippen molar-refractivity contribution in [1.82, 2.24) is 0 Å². The Hall–Kier alpha value is -1.30. The van der Waals surface area contributed by atoms with Crippen LogP contribution in [-0.2, 0) is 6.18 Å². The molecule has 16 heavy (non-hydrogen) atoms. The van der Waals surface area contributed by atoms with Crippen LogP contribution in [0.5, 0.6) is 0 Å². The zero-order chi connectivity index (χ0) is 12.5. The van der Waals surface area contributed by atoms with Gasteiger partial charge in [0, 0.05) is 25.3 Å². The Balaban J connectivity index is 3.34. The van der Waals surface area contributed by atoms with Crippen molar-refractivity contribution < 1.29 is 13.2 Å². The molecule has 0 bridgehead atoms. The van der Waals surface area contributed by atoms with E-state index in [0.717, 1.165) is 12.1 Å². The second-order valence-electron chi connectivity index (χ2n) is 3.49. The van der Waals surface area contributed by atoms with Crippen LogP contribution in [0.15, 0.2) is 18.2 Å². The molecular weight excluding hydrogens is 237 g/mol. The van der Waals surface area contributed by atoms with Gasteiger partial charge in [0.25, 0.3) is 0 Å². The first-order chi connectivity index (χ1) is 7.23. The van der Waals surface area contributed by atoms with E-state index in [9.17, 15) is 13.2 Å². The second kappa shape index (κ2) is 4.29. The van der Waals surface area contributed by atoms with Crippen LogP contribution in [0.1, 0.15) is 11.1 Å². The molecule has 0 heterocycles. The first kappa shape index (κ1) is 12.8. The first-order valence-electron chi connectivity index (χ1n) is 4.42. The summed E-state index contributed by atoms with van der Waals surface area (Å²) >= 11 is 4.74. The molecule has 0 aliphatic rings. The predicted molar refractivity (Wildman–Crippen MR) is 61.7 cm³/mol. The minimum Gasteiger partial charge on any atom is -0.389 e. The number of alkyl halides is 3. The molecule has 6 heteroatoms. The fourth-order valence-electron chi connectivity index (χ4n) is 1.30. The van der Waals surface area contributed by atoms with E-state index in [2.05, 4.69) is 0 Å². The number of anilines is 1. The van der Waals surface area contributed by atoms with Crippen LogP contribution in [0.2, 0.25) is 0 Å². The van der Waals surface area contributed by atoms with E-state index >= 15 is 0 Å². The van der Waals surface area contributed by atoms with Gasteiger partial charge < -0.3 is 10.6 Å². The molecule has 1 aromatic rings. The van der Waals surface area contributed by atoms with Gasteiger partial charge in [-0.05, 0) is 18.2 Å². The molecular formula is C10H11F3N2S. The number of nitrogens with two attached hydrogens (primary N) is 1. The van der Waals surface area contributed by atoms with Crippen LogP contribution in [0, 0.1) is 0 Å². The molecule has 0 spiro atoms. The lowest BCUT2D eigenvalue weighted by atomic mass is 10.1. The fourth-order valence-corrected chi connectivity index (χ4v) is 1.46. The van der Waals surface area contributed by atoms with Crippen molar-refractivity contribution >= 4 is 22.9 Å². The number of halogens is 3. The molecule has 0 saturated carbocycles. The Kier molecular flexibility index (Phi) is 3.42. The molecule has 1 aromatic carbocycles. The number of benzene rings is 1. The maximum atomic E-state index is 12.5. The molecule has 0 aliphatic heterocycles. The Morgan fingerprint density at radius 1 is 1.31 bits per heavy atom. The first-order valence-corrected chi connectivity index (χ1v) is 4.82.